The molecule has 1 amide bonds. The van der Waals surface area contributed by atoms with Crippen molar-refractivity contribution in [3.63, 3.8) is 0 Å². The monoisotopic (exact) mass is 453 g/mol. The van der Waals surface area contributed by atoms with Crippen molar-refractivity contribution < 1.29 is 23.8 Å². The second-order valence-electron chi connectivity index (χ2n) is 8.73. The van der Waals surface area contributed by atoms with Gasteiger partial charge in [-0.1, -0.05) is 19.1 Å². The second kappa shape index (κ2) is 8.96. The van der Waals surface area contributed by atoms with Gasteiger partial charge in [-0.25, -0.2) is 13.8 Å². The average molecular weight is 453 g/mol. The Morgan fingerprint density at radius 1 is 1.12 bits per heavy atom. The highest BCUT2D eigenvalue weighted by atomic mass is 19.1. The minimum atomic E-state index is -1.18. The maximum atomic E-state index is 14.2. The van der Waals surface area contributed by atoms with Gasteiger partial charge in [-0.05, 0) is 67.5 Å². The Hall–Kier alpha value is -3.23. The molecule has 4 rings (SSSR count). The highest BCUT2D eigenvalue weighted by Gasteiger charge is 2.43. The van der Waals surface area contributed by atoms with Gasteiger partial charge in [0, 0.05) is 6.20 Å². The molecule has 1 fully saturated rings. The molecule has 2 heterocycles. The third-order valence-electron chi connectivity index (χ3n) is 6.56. The Labute approximate surface area is 190 Å². The molecule has 0 radical (unpaired) electrons. The van der Waals surface area contributed by atoms with E-state index >= 15 is 0 Å². The molecular weight excluding hydrogens is 428 g/mol. The van der Waals surface area contributed by atoms with Crippen LogP contribution in [0, 0.1) is 17.6 Å². The van der Waals surface area contributed by atoms with Gasteiger partial charge < -0.3 is 15.5 Å². The SMILES string of the molecule is C[C@@H]1C[C@H](c2ccncc2NC(=O)c2cccc(-c3c(F)cccc3F)n2)C[C@H](O)[C@@]1(C)O. The van der Waals surface area contributed by atoms with Gasteiger partial charge in [0.15, 0.2) is 0 Å². The van der Waals surface area contributed by atoms with E-state index in [1.54, 1.807) is 19.2 Å². The molecule has 0 spiro atoms. The number of aliphatic hydroxyl groups excluding tert-OH is 1. The van der Waals surface area contributed by atoms with Gasteiger partial charge >= 0.3 is 0 Å². The van der Waals surface area contributed by atoms with E-state index in [0.29, 0.717) is 18.5 Å². The number of carbonyl (C=O) groups excluding carboxylic acids is 1. The number of anilines is 1. The van der Waals surface area contributed by atoms with Crippen LogP contribution in [0.15, 0.2) is 54.9 Å². The van der Waals surface area contributed by atoms with Crippen LogP contribution < -0.4 is 5.32 Å². The summed E-state index contributed by atoms with van der Waals surface area (Å²) >= 11 is 0. The van der Waals surface area contributed by atoms with E-state index in [4.69, 9.17) is 0 Å². The summed E-state index contributed by atoms with van der Waals surface area (Å²) in [4.78, 5) is 21.2. The third kappa shape index (κ3) is 4.49. The Morgan fingerprint density at radius 3 is 2.52 bits per heavy atom. The number of hydrogen-bond acceptors (Lipinski definition) is 5. The predicted molar refractivity (Wildman–Crippen MR) is 120 cm³/mol. The van der Waals surface area contributed by atoms with Crippen LogP contribution in [0.2, 0.25) is 0 Å². The topological polar surface area (TPSA) is 95.3 Å². The number of nitrogens with one attached hydrogen (secondary N) is 1. The van der Waals surface area contributed by atoms with Gasteiger partial charge in [0.2, 0.25) is 0 Å². The van der Waals surface area contributed by atoms with Gasteiger partial charge in [0.25, 0.3) is 5.91 Å². The minimum absolute atomic E-state index is 0.00932. The molecule has 3 aromatic rings. The molecule has 1 saturated carbocycles. The number of rotatable bonds is 4. The molecule has 6 nitrogen and oxygen atoms in total. The van der Waals surface area contributed by atoms with Crippen molar-refractivity contribution in [1.29, 1.82) is 0 Å². The molecule has 0 bridgehead atoms. The number of nitrogens with zero attached hydrogens (tertiary/aromatic N) is 2. The van der Waals surface area contributed by atoms with Crippen LogP contribution in [0.4, 0.5) is 14.5 Å². The molecule has 1 aromatic carbocycles. The van der Waals surface area contributed by atoms with Gasteiger partial charge in [0.1, 0.15) is 17.3 Å². The number of benzene rings is 1. The van der Waals surface area contributed by atoms with Crippen LogP contribution in [0.5, 0.6) is 0 Å². The summed E-state index contributed by atoms with van der Waals surface area (Å²) in [7, 11) is 0. The summed E-state index contributed by atoms with van der Waals surface area (Å²) in [5.41, 5.74) is -0.236. The van der Waals surface area contributed by atoms with Crippen molar-refractivity contribution in [3.05, 3.63) is 77.8 Å². The highest BCUT2D eigenvalue weighted by molar-refractivity contribution is 6.03. The summed E-state index contributed by atoms with van der Waals surface area (Å²) in [5, 5.41) is 23.7. The molecule has 172 valence electrons. The van der Waals surface area contributed by atoms with Crippen LogP contribution in [0.1, 0.15) is 48.7 Å². The van der Waals surface area contributed by atoms with E-state index in [0.717, 1.165) is 17.7 Å². The standard InChI is InChI=1S/C25H25F2N3O3/c1-14-11-15(12-22(31)25(14,2)33)16-9-10-28-13-21(16)30-24(32)20-8-4-7-19(29-20)23-17(26)5-3-6-18(23)27/h3-10,13-15,22,31,33H,11-12H2,1-2H3,(H,30,32)/t14-,15+,22+,25+/m1/s1. The lowest BCUT2D eigenvalue weighted by Gasteiger charge is -2.43. The molecule has 33 heavy (non-hydrogen) atoms. The second-order valence-corrected chi connectivity index (χ2v) is 8.73. The van der Waals surface area contributed by atoms with Gasteiger partial charge in [-0.2, -0.15) is 0 Å². The van der Waals surface area contributed by atoms with E-state index in [1.807, 2.05) is 6.92 Å². The summed E-state index contributed by atoms with van der Waals surface area (Å²) in [5.74, 6) is -2.34. The highest BCUT2D eigenvalue weighted by Crippen LogP contribution is 2.43. The van der Waals surface area contributed by atoms with Crippen LogP contribution >= 0.6 is 0 Å². The van der Waals surface area contributed by atoms with Crippen LogP contribution in [0.3, 0.4) is 0 Å². The number of aliphatic hydroxyl groups is 2. The smallest absolute Gasteiger partial charge is 0.274 e. The molecule has 1 aliphatic carbocycles. The molecule has 2 aromatic heterocycles. The molecular formula is C25H25F2N3O3. The Balaban J connectivity index is 1.60. The van der Waals surface area contributed by atoms with Crippen molar-refractivity contribution >= 4 is 11.6 Å². The van der Waals surface area contributed by atoms with Crippen molar-refractivity contribution in [2.45, 2.75) is 44.3 Å². The fourth-order valence-corrected chi connectivity index (χ4v) is 4.35. The van der Waals surface area contributed by atoms with Crippen molar-refractivity contribution in [3.8, 4) is 11.3 Å². The lowest BCUT2D eigenvalue weighted by atomic mass is 9.69. The maximum absolute atomic E-state index is 14.2. The van der Waals surface area contributed by atoms with Crippen LogP contribution in [-0.2, 0) is 0 Å². The first-order chi connectivity index (χ1) is 15.7. The van der Waals surface area contributed by atoms with E-state index in [1.165, 1.54) is 30.5 Å². The number of hydrogen-bond donors (Lipinski definition) is 3. The summed E-state index contributed by atoms with van der Waals surface area (Å²) < 4.78 is 28.3. The summed E-state index contributed by atoms with van der Waals surface area (Å²) in [6.45, 7) is 3.51. The normalized spacial score (nSPS) is 25.0. The maximum Gasteiger partial charge on any atom is 0.274 e. The van der Waals surface area contributed by atoms with Crippen molar-refractivity contribution in [1.82, 2.24) is 9.97 Å². The van der Waals surface area contributed by atoms with Crippen molar-refractivity contribution in [2.75, 3.05) is 5.32 Å². The van der Waals surface area contributed by atoms with E-state index in [-0.39, 0.29) is 28.8 Å². The molecule has 4 atom stereocenters. The number of halogens is 2. The summed E-state index contributed by atoms with van der Waals surface area (Å²) in [6.07, 6.45) is 3.17. The van der Waals surface area contributed by atoms with Crippen molar-refractivity contribution in [2.24, 2.45) is 5.92 Å². The fourth-order valence-electron chi connectivity index (χ4n) is 4.35. The lowest BCUT2D eigenvalue weighted by molar-refractivity contribution is -0.123. The van der Waals surface area contributed by atoms with E-state index in [2.05, 4.69) is 15.3 Å². The molecule has 0 unspecified atom stereocenters. The molecule has 8 heteroatoms. The molecule has 1 aliphatic rings. The minimum Gasteiger partial charge on any atom is -0.390 e. The quantitative estimate of drug-likeness (QED) is 0.548. The zero-order chi connectivity index (χ0) is 23.8. The van der Waals surface area contributed by atoms with Crippen LogP contribution in [-0.4, -0.2) is 37.8 Å². The number of aromatic nitrogens is 2. The van der Waals surface area contributed by atoms with E-state index < -0.39 is 29.2 Å². The van der Waals surface area contributed by atoms with Gasteiger partial charge in [-0.15, -0.1) is 0 Å². The number of amides is 1. The Kier molecular flexibility index (Phi) is 6.23. The first-order valence-electron chi connectivity index (χ1n) is 10.8. The zero-order valence-electron chi connectivity index (χ0n) is 18.3. The number of carbonyl (C=O) groups is 1. The molecule has 3 N–H and O–H groups in total. The Bertz CT molecular complexity index is 1150. The van der Waals surface area contributed by atoms with Gasteiger partial charge in [0.05, 0.1) is 34.8 Å². The zero-order valence-corrected chi connectivity index (χ0v) is 18.3. The van der Waals surface area contributed by atoms with E-state index in [9.17, 15) is 23.8 Å². The largest absolute Gasteiger partial charge is 0.390 e. The Morgan fingerprint density at radius 2 is 1.82 bits per heavy atom. The molecule has 0 saturated heterocycles. The predicted octanol–water partition coefficient (Wildman–Crippen LogP) is 4.30. The van der Waals surface area contributed by atoms with Crippen LogP contribution in [0.25, 0.3) is 11.3 Å². The third-order valence-corrected chi connectivity index (χ3v) is 6.56. The number of pyridine rings is 2. The fraction of sp³-hybridized carbons (Fsp3) is 0.320. The first-order valence-corrected chi connectivity index (χ1v) is 10.8. The average Bonchev–Trinajstić information content (AvgIpc) is 2.78. The lowest BCUT2D eigenvalue weighted by Crippen LogP contribution is -2.49. The summed E-state index contributed by atoms with van der Waals surface area (Å²) in [6, 6.07) is 9.70. The van der Waals surface area contributed by atoms with Gasteiger partial charge in [-0.3, -0.25) is 9.78 Å². The first kappa shape index (κ1) is 22.9. The molecule has 0 aliphatic heterocycles.